The molecule has 0 spiro atoms. The number of ether oxygens (including phenoxy) is 1. The Morgan fingerprint density at radius 1 is 1.72 bits per heavy atom. The van der Waals surface area contributed by atoms with Crippen LogP contribution in [0.15, 0.2) is 6.20 Å². The molecule has 1 unspecified atom stereocenters. The number of hydrogen-bond donors (Lipinski definition) is 3. The number of nitrogens with two attached hydrogens (primary N) is 1. The van der Waals surface area contributed by atoms with Crippen molar-refractivity contribution in [2.45, 2.75) is 25.6 Å². The van der Waals surface area contributed by atoms with E-state index in [1.54, 1.807) is 6.20 Å². The van der Waals surface area contributed by atoms with Gasteiger partial charge in [0.05, 0.1) is 24.6 Å². The first-order valence-corrected chi connectivity index (χ1v) is 5.68. The molecule has 1 rings (SSSR count). The van der Waals surface area contributed by atoms with Gasteiger partial charge in [-0.25, -0.2) is 4.68 Å². The van der Waals surface area contributed by atoms with Gasteiger partial charge in [-0.1, -0.05) is 5.21 Å². The molecule has 0 bridgehead atoms. The molecule has 0 aromatic carbocycles. The number of methoxy groups -OCH3 is 1. The zero-order chi connectivity index (χ0) is 13.4. The number of aliphatic hydroxyl groups excluding tert-OH is 1. The first-order chi connectivity index (χ1) is 8.65. The molecule has 1 aromatic rings. The van der Waals surface area contributed by atoms with Crippen molar-refractivity contribution in [3.05, 3.63) is 11.9 Å². The quantitative estimate of drug-likeness (QED) is 0.508. The lowest BCUT2D eigenvalue weighted by atomic mass is 10.2. The summed E-state index contributed by atoms with van der Waals surface area (Å²) >= 11 is 0. The molecule has 8 heteroatoms. The van der Waals surface area contributed by atoms with Gasteiger partial charge in [0.2, 0.25) is 5.91 Å². The van der Waals surface area contributed by atoms with Crippen LogP contribution in [0.5, 0.6) is 0 Å². The van der Waals surface area contributed by atoms with E-state index in [1.807, 2.05) is 0 Å². The van der Waals surface area contributed by atoms with E-state index in [-0.39, 0.29) is 19.1 Å². The average molecular weight is 257 g/mol. The van der Waals surface area contributed by atoms with Crippen molar-refractivity contribution in [1.29, 1.82) is 0 Å². The normalized spacial score (nSPS) is 12.4. The minimum atomic E-state index is -0.564. The van der Waals surface area contributed by atoms with E-state index in [2.05, 4.69) is 15.6 Å². The maximum atomic E-state index is 11.5. The lowest BCUT2D eigenvalue weighted by Gasteiger charge is -2.09. The van der Waals surface area contributed by atoms with Crippen LogP contribution in [0.1, 0.15) is 12.1 Å². The predicted molar refractivity (Wildman–Crippen MR) is 63.4 cm³/mol. The number of carbonyl (C=O) groups is 1. The molecule has 18 heavy (non-hydrogen) atoms. The fraction of sp³-hybridized carbons (Fsp3) is 0.700. The molecule has 4 N–H and O–H groups in total. The molecule has 1 aromatic heterocycles. The highest BCUT2D eigenvalue weighted by atomic mass is 16.5. The van der Waals surface area contributed by atoms with E-state index in [1.165, 1.54) is 11.8 Å². The summed E-state index contributed by atoms with van der Waals surface area (Å²) in [6.45, 7) is 1.04. The summed E-state index contributed by atoms with van der Waals surface area (Å²) in [6.07, 6.45) is 1.51. The van der Waals surface area contributed by atoms with Gasteiger partial charge in [-0.2, -0.15) is 0 Å². The number of rotatable bonds is 8. The number of nitrogens with one attached hydrogen (secondary N) is 1. The zero-order valence-corrected chi connectivity index (χ0v) is 10.4. The summed E-state index contributed by atoms with van der Waals surface area (Å²) < 4.78 is 6.19. The van der Waals surface area contributed by atoms with Gasteiger partial charge in [0.25, 0.3) is 0 Å². The molecule has 1 heterocycles. The van der Waals surface area contributed by atoms with E-state index in [0.29, 0.717) is 25.2 Å². The second-order valence-corrected chi connectivity index (χ2v) is 3.86. The van der Waals surface area contributed by atoms with Crippen LogP contribution in [-0.2, 0) is 22.6 Å². The SMILES string of the molecule is COCC(O)CCNC(=O)Cn1cc(CN)nn1. The number of amides is 1. The minimum Gasteiger partial charge on any atom is -0.391 e. The van der Waals surface area contributed by atoms with Crippen molar-refractivity contribution >= 4 is 5.91 Å². The molecule has 0 saturated carbocycles. The van der Waals surface area contributed by atoms with E-state index in [0.717, 1.165) is 0 Å². The molecule has 8 nitrogen and oxygen atoms in total. The minimum absolute atomic E-state index is 0.0906. The Hall–Kier alpha value is -1.51. The van der Waals surface area contributed by atoms with E-state index in [4.69, 9.17) is 10.5 Å². The van der Waals surface area contributed by atoms with Crippen molar-refractivity contribution in [2.24, 2.45) is 5.73 Å². The van der Waals surface area contributed by atoms with Crippen molar-refractivity contribution in [1.82, 2.24) is 20.3 Å². The van der Waals surface area contributed by atoms with E-state index < -0.39 is 6.10 Å². The highest BCUT2D eigenvalue weighted by Gasteiger charge is 2.07. The number of carbonyl (C=O) groups excluding carboxylic acids is 1. The maximum absolute atomic E-state index is 11.5. The molecule has 0 fully saturated rings. The molecule has 1 atom stereocenters. The Kier molecular flexibility index (Phi) is 6.26. The van der Waals surface area contributed by atoms with Gasteiger partial charge < -0.3 is 20.9 Å². The van der Waals surface area contributed by atoms with Crippen LogP contribution in [0, 0.1) is 0 Å². The fourth-order valence-electron chi connectivity index (χ4n) is 1.37. The molecule has 0 aliphatic rings. The Bertz CT molecular complexity index is 368. The number of aliphatic hydroxyl groups is 1. The number of hydrogen-bond acceptors (Lipinski definition) is 6. The van der Waals surface area contributed by atoms with Crippen molar-refractivity contribution in [3.63, 3.8) is 0 Å². The molecular weight excluding hydrogens is 238 g/mol. The Morgan fingerprint density at radius 3 is 3.11 bits per heavy atom. The van der Waals surface area contributed by atoms with Crippen LogP contribution in [0.25, 0.3) is 0 Å². The second-order valence-electron chi connectivity index (χ2n) is 3.86. The Balaban J connectivity index is 2.21. The zero-order valence-electron chi connectivity index (χ0n) is 10.4. The monoisotopic (exact) mass is 257 g/mol. The van der Waals surface area contributed by atoms with Gasteiger partial charge in [0.1, 0.15) is 6.54 Å². The fourth-order valence-corrected chi connectivity index (χ4v) is 1.37. The summed E-state index contributed by atoms with van der Waals surface area (Å²) in [5.74, 6) is -0.187. The van der Waals surface area contributed by atoms with Crippen molar-refractivity contribution in [3.8, 4) is 0 Å². The summed E-state index contributed by atoms with van der Waals surface area (Å²) in [5, 5.41) is 19.6. The third-order valence-corrected chi connectivity index (χ3v) is 2.26. The summed E-state index contributed by atoms with van der Waals surface area (Å²) in [5.41, 5.74) is 6.02. The number of nitrogens with zero attached hydrogens (tertiary/aromatic N) is 3. The molecule has 0 saturated heterocycles. The van der Waals surface area contributed by atoms with Gasteiger partial charge in [-0.3, -0.25) is 4.79 Å². The smallest absolute Gasteiger partial charge is 0.241 e. The molecule has 0 aliphatic carbocycles. The summed E-state index contributed by atoms with van der Waals surface area (Å²) in [4.78, 5) is 11.5. The van der Waals surface area contributed by atoms with Gasteiger partial charge in [-0.05, 0) is 6.42 Å². The highest BCUT2D eigenvalue weighted by Crippen LogP contribution is 1.92. The third kappa shape index (κ3) is 5.21. The maximum Gasteiger partial charge on any atom is 0.241 e. The molecule has 0 aliphatic heterocycles. The van der Waals surface area contributed by atoms with Gasteiger partial charge in [-0.15, -0.1) is 5.10 Å². The van der Waals surface area contributed by atoms with E-state index >= 15 is 0 Å². The topological polar surface area (TPSA) is 115 Å². The second kappa shape index (κ2) is 7.75. The van der Waals surface area contributed by atoms with Crippen LogP contribution < -0.4 is 11.1 Å². The summed E-state index contributed by atoms with van der Waals surface area (Å²) in [6, 6.07) is 0. The Morgan fingerprint density at radius 2 is 2.50 bits per heavy atom. The van der Waals surface area contributed by atoms with Crippen LogP contribution in [0.2, 0.25) is 0 Å². The lowest BCUT2D eigenvalue weighted by Crippen LogP contribution is -2.31. The van der Waals surface area contributed by atoms with Crippen molar-refractivity contribution < 1.29 is 14.6 Å². The lowest BCUT2D eigenvalue weighted by molar-refractivity contribution is -0.121. The van der Waals surface area contributed by atoms with Gasteiger partial charge >= 0.3 is 0 Å². The molecule has 102 valence electrons. The Labute approximate surface area is 105 Å². The first kappa shape index (κ1) is 14.6. The molecule has 1 amide bonds. The van der Waals surface area contributed by atoms with Gasteiger partial charge in [0, 0.05) is 20.2 Å². The third-order valence-electron chi connectivity index (χ3n) is 2.26. The molecule has 0 radical (unpaired) electrons. The predicted octanol–water partition coefficient (Wildman–Crippen LogP) is -1.75. The number of aromatic nitrogens is 3. The van der Waals surface area contributed by atoms with Crippen LogP contribution in [0.4, 0.5) is 0 Å². The van der Waals surface area contributed by atoms with Gasteiger partial charge in [0.15, 0.2) is 0 Å². The first-order valence-electron chi connectivity index (χ1n) is 5.68. The standard InChI is InChI=1S/C10H19N5O3/c1-18-7-9(16)2-3-12-10(17)6-15-5-8(4-11)13-14-15/h5,9,16H,2-4,6-7,11H2,1H3,(H,12,17). The van der Waals surface area contributed by atoms with Crippen molar-refractivity contribution in [2.75, 3.05) is 20.3 Å². The van der Waals surface area contributed by atoms with Crippen LogP contribution in [0.3, 0.4) is 0 Å². The largest absolute Gasteiger partial charge is 0.391 e. The average Bonchev–Trinajstić information content (AvgIpc) is 2.77. The summed E-state index contributed by atoms with van der Waals surface area (Å²) in [7, 11) is 1.52. The van der Waals surface area contributed by atoms with Crippen LogP contribution >= 0.6 is 0 Å². The van der Waals surface area contributed by atoms with Crippen LogP contribution in [-0.4, -0.2) is 52.4 Å². The molecular formula is C10H19N5O3. The van der Waals surface area contributed by atoms with E-state index in [9.17, 15) is 9.90 Å². The highest BCUT2D eigenvalue weighted by molar-refractivity contribution is 5.75.